The molecule has 2 aliphatic rings. The number of fused-ring (bicyclic) bond motifs is 2. The zero-order valence-corrected chi connectivity index (χ0v) is 15.8. The van der Waals surface area contributed by atoms with Crippen molar-refractivity contribution in [2.75, 3.05) is 13.2 Å². The fourth-order valence-electron chi connectivity index (χ4n) is 3.15. The van der Waals surface area contributed by atoms with Gasteiger partial charge in [0, 0.05) is 18.9 Å². The number of esters is 1. The highest BCUT2D eigenvalue weighted by atomic mass is 35.5. The van der Waals surface area contributed by atoms with Gasteiger partial charge in [0.25, 0.3) is 0 Å². The number of benzene rings is 1. The monoisotopic (exact) mass is 379 g/mol. The predicted molar refractivity (Wildman–Crippen MR) is 97.6 cm³/mol. The second-order valence-corrected chi connectivity index (χ2v) is 7.04. The third-order valence-corrected chi connectivity index (χ3v) is 4.75. The summed E-state index contributed by atoms with van der Waals surface area (Å²) in [5.74, 6) is 0.950. The third kappa shape index (κ3) is 3.62. The Balaban J connectivity index is 1.73. The number of hydrogen-bond acceptors (Lipinski definition) is 6. The molecule has 26 heavy (non-hydrogen) atoms. The van der Waals surface area contributed by atoms with Gasteiger partial charge in [-0.3, -0.25) is 14.9 Å². The van der Waals surface area contributed by atoms with E-state index in [2.05, 4.69) is 10.3 Å². The summed E-state index contributed by atoms with van der Waals surface area (Å²) in [5, 5.41) is 3.34. The molecule has 8 heteroatoms. The van der Waals surface area contributed by atoms with E-state index in [1.54, 1.807) is 6.07 Å². The number of guanidine groups is 1. The number of nitrogens with one attached hydrogen (secondary N) is 1. The predicted octanol–water partition coefficient (Wildman–Crippen LogP) is 2.63. The topological polar surface area (TPSA) is 80.2 Å². The Labute approximate surface area is 157 Å². The Morgan fingerprint density at radius 3 is 2.88 bits per heavy atom. The van der Waals surface area contributed by atoms with E-state index in [0.29, 0.717) is 42.9 Å². The molecule has 1 N–H and O–H groups in total. The lowest BCUT2D eigenvalue weighted by Crippen LogP contribution is -2.40. The van der Waals surface area contributed by atoms with Crippen molar-refractivity contribution in [1.82, 2.24) is 10.2 Å². The Morgan fingerprint density at radius 1 is 1.42 bits per heavy atom. The molecule has 7 nitrogen and oxygen atoms in total. The van der Waals surface area contributed by atoms with Gasteiger partial charge in [-0.2, -0.15) is 0 Å². The fourth-order valence-corrected chi connectivity index (χ4v) is 3.43. The lowest BCUT2D eigenvalue weighted by atomic mass is 10.0. The molecule has 0 spiro atoms. The molecule has 1 fully saturated rings. The van der Waals surface area contributed by atoms with Crippen LogP contribution in [0.25, 0.3) is 0 Å². The van der Waals surface area contributed by atoms with Crippen molar-refractivity contribution in [3.8, 4) is 5.75 Å². The lowest BCUT2D eigenvalue weighted by Gasteiger charge is -2.30. The number of hydrogen-bond donors (Lipinski definition) is 1. The van der Waals surface area contributed by atoms with Crippen LogP contribution in [-0.2, 0) is 20.9 Å². The number of carbonyl (C=O) groups is 2. The van der Waals surface area contributed by atoms with Crippen molar-refractivity contribution in [2.24, 2.45) is 10.9 Å². The third-order valence-electron chi connectivity index (χ3n) is 4.33. The average molecular weight is 380 g/mol. The van der Waals surface area contributed by atoms with Gasteiger partial charge in [0.2, 0.25) is 11.9 Å². The Morgan fingerprint density at radius 2 is 2.19 bits per heavy atom. The number of aliphatic imine (C=N–C) groups is 1. The molecule has 1 aromatic carbocycles. The van der Waals surface area contributed by atoms with Crippen LogP contribution in [0.4, 0.5) is 5.69 Å². The van der Waals surface area contributed by atoms with Crippen LogP contribution in [0.1, 0.15) is 32.8 Å². The average Bonchev–Trinajstić information content (AvgIpc) is 2.89. The van der Waals surface area contributed by atoms with Gasteiger partial charge in [-0.1, -0.05) is 25.4 Å². The maximum Gasteiger partial charge on any atom is 0.302 e. The van der Waals surface area contributed by atoms with Gasteiger partial charge < -0.3 is 14.4 Å². The van der Waals surface area contributed by atoms with E-state index in [1.807, 2.05) is 24.8 Å². The number of ether oxygens (including phenoxy) is 2. The number of rotatable bonds is 6. The van der Waals surface area contributed by atoms with Crippen LogP contribution in [0.2, 0.25) is 5.02 Å². The summed E-state index contributed by atoms with van der Waals surface area (Å²) in [5.41, 5.74) is 1.58. The zero-order chi connectivity index (χ0) is 18.8. The summed E-state index contributed by atoms with van der Waals surface area (Å²) in [6.45, 7) is 6.58. The smallest absolute Gasteiger partial charge is 0.302 e. The summed E-state index contributed by atoms with van der Waals surface area (Å²) in [7, 11) is 0. The molecule has 0 aromatic heterocycles. The first kappa shape index (κ1) is 18.5. The van der Waals surface area contributed by atoms with E-state index in [4.69, 9.17) is 21.1 Å². The van der Waals surface area contributed by atoms with Crippen LogP contribution in [-0.4, -0.2) is 42.0 Å². The zero-order valence-electron chi connectivity index (χ0n) is 15.0. The first-order chi connectivity index (χ1) is 12.4. The van der Waals surface area contributed by atoms with Crippen LogP contribution < -0.4 is 10.1 Å². The van der Waals surface area contributed by atoms with E-state index in [1.165, 1.54) is 6.92 Å². The van der Waals surface area contributed by atoms with Gasteiger partial charge in [0.05, 0.1) is 30.5 Å². The van der Waals surface area contributed by atoms with Gasteiger partial charge in [0.15, 0.2) is 0 Å². The normalized spacial score (nSPS) is 18.2. The molecule has 1 saturated heterocycles. The number of carbonyl (C=O) groups excluding carboxylic acids is 2. The molecular weight excluding hydrogens is 358 g/mol. The molecule has 2 heterocycles. The maximum atomic E-state index is 12.2. The van der Waals surface area contributed by atoms with E-state index in [0.717, 1.165) is 11.3 Å². The SMILES string of the molecule is CC(=O)OCCCOc1ccc2c(c1Cl)CN1C(=N2)NC(=O)C1C(C)C. The summed E-state index contributed by atoms with van der Waals surface area (Å²) >= 11 is 6.53. The van der Waals surface area contributed by atoms with Crippen LogP contribution in [0.3, 0.4) is 0 Å². The highest BCUT2D eigenvalue weighted by molar-refractivity contribution is 6.33. The van der Waals surface area contributed by atoms with Crippen LogP contribution >= 0.6 is 11.6 Å². The highest BCUT2D eigenvalue weighted by Gasteiger charge is 2.41. The Bertz CT molecular complexity index is 763. The standard InChI is InChI=1S/C18H22ClN3O4/c1-10(2)16-17(24)21-18-20-13-5-6-14(15(19)12(13)9-22(16)18)26-8-4-7-25-11(3)23/h5-6,10,16H,4,7-9H2,1-3H3,(H,20,21,24). The molecule has 0 saturated carbocycles. The largest absolute Gasteiger partial charge is 0.492 e. The van der Waals surface area contributed by atoms with E-state index >= 15 is 0 Å². The van der Waals surface area contributed by atoms with Crippen molar-refractivity contribution in [3.63, 3.8) is 0 Å². The highest BCUT2D eigenvalue weighted by Crippen LogP contribution is 2.39. The number of halogens is 1. The molecular formula is C18H22ClN3O4. The molecule has 0 bridgehead atoms. The van der Waals surface area contributed by atoms with E-state index in [-0.39, 0.29) is 23.8 Å². The van der Waals surface area contributed by atoms with Crippen molar-refractivity contribution >= 4 is 35.1 Å². The summed E-state index contributed by atoms with van der Waals surface area (Å²) in [6, 6.07) is 3.34. The van der Waals surface area contributed by atoms with Gasteiger partial charge in [-0.15, -0.1) is 0 Å². The summed E-state index contributed by atoms with van der Waals surface area (Å²) < 4.78 is 10.6. The van der Waals surface area contributed by atoms with E-state index in [9.17, 15) is 9.59 Å². The Kier molecular flexibility index (Phi) is 5.36. The second-order valence-electron chi connectivity index (χ2n) is 6.66. The molecule has 1 amide bonds. The minimum absolute atomic E-state index is 0.0374. The fraction of sp³-hybridized carbons (Fsp3) is 0.500. The van der Waals surface area contributed by atoms with Crippen molar-refractivity contribution in [1.29, 1.82) is 0 Å². The number of amides is 1. The van der Waals surface area contributed by atoms with Crippen LogP contribution in [0.5, 0.6) is 5.75 Å². The molecule has 3 rings (SSSR count). The molecule has 0 radical (unpaired) electrons. The van der Waals surface area contributed by atoms with E-state index < -0.39 is 0 Å². The first-order valence-electron chi connectivity index (χ1n) is 8.62. The summed E-state index contributed by atoms with van der Waals surface area (Å²) in [6.07, 6.45) is 0.579. The molecule has 140 valence electrons. The quantitative estimate of drug-likeness (QED) is 0.607. The maximum absolute atomic E-state index is 12.2. The molecule has 0 aliphatic carbocycles. The second kappa shape index (κ2) is 7.53. The number of nitrogens with zero attached hydrogens (tertiary/aromatic N) is 2. The minimum atomic E-state index is -0.307. The Hall–Kier alpha value is -2.28. The van der Waals surface area contributed by atoms with Crippen LogP contribution in [0, 0.1) is 5.92 Å². The molecule has 1 unspecified atom stereocenters. The molecule has 2 aliphatic heterocycles. The van der Waals surface area contributed by atoms with Gasteiger partial charge in [-0.25, -0.2) is 4.99 Å². The summed E-state index contributed by atoms with van der Waals surface area (Å²) in [4.78, 5) is 29.4. The lowest BCUT2D eigenvalue weighted by molar-refractivity contribution is -0.141. The van der Waals surface area contributed by atoms with Gasteiger partial charge in [0.1, 0.15) is 11.8 Å². The van der Waals surface area contributed by atoms with Gasteiger partial charge >= 0.3 is 5.97 Å². The molecule has 1 aromatic rings. The van der Waals surface area contributed by atoms with Crippen molar-refractivity contribution in [2.45, 2.75) is 39.8 Å². The van der Waals surface area contributed by atoms with Crippen LogP contribution in [0.15, 0.2) is 17.1 Å². The van der Waals surface area contributed by atoms with Crippen molar-refractivity contribution in [3.05, 3.63) is 22.7 Å². The molecule has 1 atom stereocenters. The van der Waals surface area contributed by atoms with Gasteiger partial charge in [-0.05, 0) is 18.1 Å². The minimum Gasteiger partial charge on any atom is -0.492 e. The van der Waals surface area contributed by atoms with Crippen molar-refractivity contribution < 1.29 is 19.1 Å². The first-order valence-corrected chi connectivity index (χ1v) is 9.00.